The maximum atomic E-state index is 13.6. The van der Waals surface area contributed by atoms with Crippen LogP contribution in [0.25, 0.3) is 5.57 Å². The van der Waals surface area contributed by atoms with Crippen LogP contribution in [0.1, 0.15) is 18.1 Å². The van der Waals surface area contributed by atoms with Crippen LogP contribution in [0.5, 0.6) is 0 Å². The van der Waals surface area contributed by atoms with E-state index < -0.39 is 0 Å². The lowest BCUT2D eigenvalue weighted by Gasteiger charge is -2.04. The third-order valence-corrected chi connectivity index (χ3v) is 2.92. The molecule has 0 saturated carbocycles. The zero-order valence-electron chi connectivity index (χ0n) is 11.2. The lowest BCUT2D eigenvalue weighted by Crippen LogP contribution is -1.92. The molecule has 0 fully saturated rings. The van der Waals surface area contributed by atoms with Crippen molar-refractivity contribution in [1.29, 1.82) is 0 Å². The number of aliphatic hydroxyl groups is 1. The van der Waals surface area contributed by atoms with Gasteiger partial charge in [0.25, 0.3) is 0 Å². The molecule has 0 aromatic heterocycles. The highest BCUT2D eigenvalue weighted by atomic mass is 19.1. The molecule has 0 spiro atoms. The first-order valence-electron chi connectivity index (χ1n) is 6.35. The van der Waals surface area contributed by atoms with Crippen molar-refractivity contribution in [3.63, 3.8) is 0 Å². The van der Waals surface area contributed by atoms with E-state index in [9.17, 15) is 9.50 Å². The average molecular weight is 266 g/mol. The Bertz CT molecular complexity index is 675. The van der Waals surface area contributed by atoms with Gasteiger partial charge in [0.2, 0.25) is 0 Å². The monoisotopic (exact) mass is 266 g/mol. The van der Waals surface area contributed by atoms with E-state index in [0.717, 1.165) is 16.7 Å². The Hall–Kier alpha value is -2.37. The quantitative estimate of drug-likeness (QED) is 0.823. The average Bonchev–Trinajstić information content (AvgIpc) is 2.50. The van der Waals surface area contributed by atoms with Gasteiger partial charge >= 0.3 is 0 Å². The summed E-state index contributed by atoms with van der Waals surface area (Å²) in [5.74, 6) is 5.47. The summed E-state index contributed by atoms with van der Waals surface area (Å²) in [6.07, 6.45) is 0. The number of aliphatic hydroxyl groups excluding tert-OH is 1. The predicted octanol–water partition coefficient (Wildman–Crippen LogP) is 3.64. The molecule has 0 unspecified atom stereocenters. The summed E-state index contributed by atoms with van der Waals surface area (Å²) < 4.78 is 13.6. The van der Waals surface area contributed by atoms with Gasteiger partial charge in [0, 0.05) is 5.57 Å². The van der Waals surface area contributed by atoms with E-state index in [2.05, 4.69) is 11.8 Å². The zero-order valence-corrected chi connectivity index (χ0v) is 11.2. The Labute approximate surface area is 118 Å². The van der Waals surface area contributed by atoms with Gasteiger partial charge in [0.1, 0.15) is 5.82 Å². The van der Waals surface area contributed by atoms with Gasteiger partial charge in [-0.3, -0.25) is 0 Å². The Balaban J connectivity index is 2.45. The van der Waals surface area contributed by atoms with Crippen LogP contribution in [-0.2, 0) is 0 Å². The van der Waals surface area contributed by atoms with E-state index in [4.69, 9.17) is 0 Å². The molecule has 20 heavy (non-hydrogen) atoms. The second kappa shape index (κ2) is 6.70. The Morgan fingerprint density at radius 2 is 1.70 bits per heavy atom. The molecule has 2 aromatic carbocycles. The molecule has 1 nitrogen and oxygen atoms in total. The standard InChI is InChI=1S/C18H15FO/c1-14(13-20)17(15-7-3-2-4-8-15)12-11-16-9-5-6-10-18(16)19/h2-10,20H,13H2,1H3/b17-14+. The molecule has 1 N–H and O–H groups in total. The highest BCUT2D eigenvalue weighted by Gasteiger charge is 2.03. The van der Waals surface area contributed by atoms with Gasteiger partial charge in [-0.2, -0.15) is 0 Å². The van der Waals surface area contributed by atoms with Crippen LogP contribution in [0.3, 0.4) is 0 Å². The van der Waals surface area contributed by atoms with Crippen molar-refractivity contribution >= 4 is 5.57 Å². The minimum Gasteiger partial charge on any atom is -0.392 e. The first-order chi connectivity index (χ1) is 9.72. The van der Waals surface area contributed by atoms with Crippen LogP contribution in [0.2, 0.25) is 0 Å². The van der Waals surface area contributed by atoms with Crippen LogP contribution in [0, 0.1) is 17.7 Å². The van der Waals surface area contributed by atoms with E-state index in [1.165, 1.54) is 6.07 Å². The molecule has 0 bridgehead atoms. The molecule has 0 aliphatic rings. The zero-order chi connectivity index (χ0) is 14.4. The van der Waals surface area contributed by atoms with E-state index in [-0.39, 0.29) is 12.4 Å². The molecular formula is C18H15FO. The summed E-state index contributed by atoms with van der Waals surface area (Å²) in [7, 11) is 0. The van der Waals surface area contributed by atoms with Gasteiger partial charge in [0.05, 0.1) is 12.2 Å². The number of hydrogen-bond donors (Lipinski definition) is 1. The van der Waals surface area contributed by atoms with Crippen LogP contribution < -0.4 is 0 Å². The van der Waals surface area contributed by atoms with Gasteiger partial charge in [0.15, 0.2) is 0 Å². The van der Waals surface area contributed by atoms with Crippen molar-refractivity contribution in [1.82, 2.24) is 0 Å². The number of allylic oxidation sites excluding steroid dienone is 1. The normalized spacial score (nSPS) is 11.3. The fourth-order valence-corrected chi connectivity index (χ4v) is 1.80. The van der Waals surface area contributed by atoms with Crippen LogP contribution in [0.15, 0.2) is 60.2 Å². The molecular weight excluding hydrogens is 251 g/mol. The second-order valence-electron chi connectivity index (χ2n) is 4.41. The number of benzene rings is 2. The molecule has 0 aliphatic heterocycles. The fraction of sp³-hybridized carbons (Fsp3) is 0.111. The summed E-state index contributed by atoms with van der Waals surface area (Å²) in [4.78, 5) is 0. The van der Waals surface area contributed by atoms with Gasteiger partial charge in [-0.05, 0) is 30.2 Å². The lowest BCUT2D eigenvalue weighted by atomic mass is 10.0. The molecule has 0 radical (unpaired) electrons. The molecule has 2 heteroatoms. The van der Waals surface area contributed by atoms with Crippen molar-refractivity contribution in [3.8, 4) is 11.8 Å². The SMILES string of the molecule is C/C(CO)=C(/C#Cc1ccccc1F)c1ccccc1. The highest BCUT2D eigenvalue weighted by Crippen LogP contribution is 2.18. The summed E-state index contributed by atoms with van der Waals surface area (Å²) in [5, 5.41) is 9.32. The Kier molecular flexibility index (Phi) is 4.70. The largest absolute Gasteiger partial charge is 0.392 e. The highest BCUT2D eigenvalue weighted by molar-refractivity contribution is 5.81. The first kappa shape index (κ1) is 14.0. The summed E-state index contributed by atoms with van der Waals surface area (Å²) in [5.41, 5.74) is 2.77. The number of rotatable bonds is 2. The maximum Gasteiger partial charge on any atom is 0.138 e. The van der Waals surface area contributed by atoms with Crippen molar-refractivity contribution in [2.75, 3.05) is 6.61 Å². The Morgan fingerprint density at radius 1 is 1.05 bits per heavy atom. The molecule has 2 aromatic rings. The van der Waals surface area contributed by atoms with Crippen LogP contribution in [0.4, 0.5) is 4.39 Å². The summed E-state index contributed by atoms with van der Waals surface area (Å²) in [6, 6.07) is 16.0. The minimum absolute atomic E-state index is 0.0732. The van der Waals surface area contributed by atoms with Crippen molar-refractivity contribution in [2.45, 2.75) is 6.92 Å². The topological polar surface area (TPSA) is 20.2 Å². The van der Waals surface area contributed by atoms with E-state index >= 15 is 0 Å². The molecule has 100 valence electrons. The van der Waals surface area contributed by atoms with Gasteiger partial charge < -0.3 is 5.11 Å². The van der Waals surface area contributed by atoms with Crippen molar-refractivity contribution in [3.05, 3.63) is 77.1 Å². The lowest BCUT2D eigenvalue weighted by molar-refractivity contribution is 0.332. The van der Waals surface area contributed by atoms with Gasteiger partial charge in [-0.25, -0.2) is 4.39 Å². The summed E-state index contributed by atoms with van der Waals surface area (Å²) in [6.45, 7) is 1.74. The molecule has 0 aliphatic carbocycles. The van der Waals surface area contributed by atoms with Gasteiger partial charge in [-0.1, -0.05) is 54.3 Å². The molecule has 0 atom stereocenters. The minimum atomic E-state index is -0.339. The third kappa shape index (κ3) is 3.34. The molecule has 0 saturated heterocycles. The molecule has 0 amide bonds. The third-order valence-electron chi connectivity index (χ3n) is 2.92. The van der Waals surface area contributed by atoms with E-state index in [1.807, 2.05) is 37.3 Å². The van der Waals surface area contributed by atoms with E-state index in [0.29, 0.717) is 5.56 Å². The van der Waals surface area contributed by atoms with Crippen LogP contribution >= 0.6 is 0 Å². The smallest absolute Gasteiger partial charge is 0.138 e. The summed E-state index contributed by atoms with van der Waals surface area (Å²) >= 11 is 0. The Morgan fingerprint density at radius 3 is 2.35 bits per heavy atom. The fourth-order valence-electron chi connectivity index (χ4n) is 1.80. The molecule has 2 rings (SSSR count). The number of halogens is 1. The van der Waals surface area contributed by atoms with Crippen molar-refractivity contribution < 1.29 is 9.50 Å². The maximum absolute atomic E-state index is 13.6. The molecule has 0 heterocycles. The van der Waals surface area contributed by atoms with E-state index in [1.54, 1.807) is 18.2 Å². The van der Waals surface area contributed by atoms with Crippen molar-refractivity contribution in [2.24, 2.45) is 0 Å². The second-order valence-corrected chi connectivity index (χ2v) is 4.41. The number of hydrogen-bond acceptors (Lipinski definition) is 1. The first-order valence-corrected chi connectivity index (χ1v) is 6.35. The predicted molar refractivity (Wildman–Crippen MR) is 79.4 cm³/mol. The van der Waals surface area contributed by atoms with Crippen LogP contribution in [-0.4, -0.2) is 11.7 Å². The van der Waals surface area contributed by atoms with Gasteiger partial charge in [-0.15, -0.1) is 0 Å².